The number of nitrogens with one attached hydrogen (secondary N) is 2. The Morgan fingerprint density at radius 1 is 0.971 bits per heavy atom. The quantitative estimate of drug-likeness (QED) is 0.322. The zero-order chi connectivity index (χ0) is 23.2. The minimum atomic E-state index is -0.391. The molecular formula is C27H26BrClN4O2. The van der Waals surface area contributed by atoms with Crippen LogP contribution in [0.4, 0.5) is 0 Å². The zero-order valence-electron chi connectivity index (χ0n) is 19.1. The minimum Gasteiger partial charge on any atom is -0.361 e. The molecule has 6 nitrogen and oxygen atoms in total. The third-order valence-electron chi connectivity index (χ3n) is 7.16. The number of para-hydroxylation sites is 1. The molecule has 1 saturated heterocycles. The Hall–Kier alpha value is -2.87. The van der Waals surface area contributed by atoms with Gasteiger partial charge in [-0.15, -0.1) is 12.4 Å². The number of H-pyrrole nitrogens is 2. The lowest BCUT2D eigenvalue weighted by atomic mass is 9.97. The second-order valence-corrected chi connectivity index (χ2v) is 10.0. The van der Waals surface area contributed by atoms with Gasteiger partial charge < -0.3 is 9.97 Å². The monoisotopic (exact) mass is 552 g/mol. The fourth-order valence-electron chi connectivity index (χ4n) is 5.30. The van der Waals surface area contributed by atoms with Gasteiger partial charge in [0.1, 0.15) is 0 Å². The molecule has 35 heavy (non-hydrogen) atoms. The summed E-state index contributed by atoms with van der Waals surface area (Å²) in [7, 11) is 0. The number of aromatic nitrogens is 2. The molecule has 0 spiro atoms. The maximum absolute atomic E-state index is 13.1. The lowest BCUT2D eigenvalue weighted by Crippen LogP contribution is -2.39. The first-order valence-electron chi connectivity index (χ1n) is 11.7. The second kappa shape index (κ2) is 9.64. The number of hydrogen-bond donors (Lipinski definition) is 2. The summed E-state index contributed by atoms with van der Waals surface area (Å²) in [5, 5.41) is 2.25. The number of rotatable bonds is 5. The standard InChI is InChI=1S/C27H25BrN4O2.ClH/c28-18-5-6-25-20(13-18)22(15-29-25)17-7-9-31(10-8-17)11-12-32-26(33)14-21(27(32)34)23-16-30-24-4-2-1-3-19(23)24;/h1-7,13,15-16,21,29-30H,8-12,14H2;1H. The number of nitrogens with zero attached hydrogens (tertiary/aromatic N) is 2. The van der Waals surface area contributed by atoms with Gasteiger partial charge in [0.15, 0.2) is 0 Å². The Morgan fingerprint density at radius 3 is 2.60 bits per heavy atom. The van der Waals surface area contributed by atoms with Gasteiger partial charge in [0.05, 0.1) is 5.92 Å². The molecule has 2 aliphatic rings. The highest BCUT2D eigenvalue weighted by molar-refractivity contribution is 9.10. The van der Waals surface area contributed by atoms with Crippen LogP contribution in [0.1, 0.15) is 29.9 Å². The largest absolute Gasteiger partial charge is 0.361 e. The maximum atomic E-state index is 13.1. The number of fused-ring (bicyclic) bond motifs is 2. The van der Waals surface area contributed by atoms with Crippen LogP contribution in [0.25, 0.3) is 27.4 Å². The fraction of sp³-hybridized carbons (Fsp3) is 0.259. The SMILES string of the molecule is Cl.O=C1CC(c2c[nH]c3ccccc23)C(=O)N1CCN1CC=C(c2c[nH]c3ccc(Br)cc23)CC1. The molecule has 0 bridgehead atoms. The van der Waals surface area contributed by atoms with E-state index >= 15 is 0 Å². The smallest absolute Gasteiger partial charge is 0.237 e. The Kier molecular flexibility index (Phi) is 6.57. The summed E-state index contributed by atoms with van der Waals surface area (Å²) in [5.74, 6) is -0.539. The molecule has 0 saturated carbocycles. The summed E-state index contributed by atoms with van der Waals surface area (Å²) >= 11 is 3.57. The molecule has 4 heterocycles. The van der Waals surface area contributed by atoms with Crippen molar-refractivity contribution in [2.75, 3.05) is 26.2 Å². The predicted octanol–water partition coefficient (Wildman–Crippen LogP) is 5.47. The molecule has 2 N–H and O–H groups in total. The lowest BCUT2D eigenvalue weighted by molar-refractivity contribution is -0.138. The van der Waals surface area contributed by atoms with Crippen LogP contribution in [0.5, 0.6) is 0 Å². The van der Waals surface area contributed by atoms with Gasteiger partial charge in [0.2, 0.25) is 11.8 Å². The van der Waals surface area contributed by atoms with Crippen molar-refractivity contribution in [3.8, 4) is 0 Å². The molecule has 2 amide bonds. The van der Waals surface area contributed by atoms with Crippen molar-refractivity contribution in [1.82, 2.24) is 19.8 Å². The van der Waals surface area contributed by atoms with E-state index in [-0.39, 0.29) is 30.6 Å². The van der Waals surface area contributed by atoms with Crippen LogP contribution in [0.2, 0.25) is 0 Å². The summed E-state index contributed by atoms with van der Waals surface area (Å²) < 4.78 is 1.07. The number of likely N-dealkylation sites (tertiary alicyclic amines) is 1. The summed E-state index contributed by atoms with van der Waals surface area (Å²) in [5.41, 5.74) is 5.65. The zero-order valence-corrected chi connectivity index (χ0v) is 21.5. The molecule has 8 heteroatoms. The normalized spacial score (nSPS) is 18.9. The van der Waals surface area contributed by atoms with Crippen molar-refractivity contribution in [2.24, 2.45) is 0 Å². The van der Waals surface area contributed by atoms with E-state index in [1.54, 1.807) is 0 Å². The van der Waals surface area contributed by atoms with Crippen LogP contribution in [-0.2, 0) is 9.59 Å². The summed E-state index contributed by atoms with van der Waals surface area (Å²) in [6, 6.07) is 14.2. The summed E-state index contributed by atoms with van der Waals surface area (Å²) in [4.78, 5) is 36.2. The Morgan fingerprint density at radius 2 is 1.77 bits per heavy atom. The third kappa shape index (κ3) is 4.33. The number of carbonyl (C=O) groups excluding carboxylic acids is 2. The maximum Gasteiger partial charge on any atom is 0.237 e. The van der Waals surface area contributed by atoms with Crippen LogP contribution >= 0.6 is 28.3 Å². The van der Waals surface area contributed by atoms with Gasteiger partial charge in [0, 0.05) is 76.8 Å². The van der Waals surface area contributed by atoms with E-state index in [1.807, 2.05) is 36.5 Å². The van der Waals surface area contributed by atoms with Crippen LogP contribution in [0, 0.1) is 0 Å². The van der Waals surface area contributed by atoms with E-state index in [4.69, 9.17) is 0 Å². The Bertz CT molecular complexity index is 1460. The number of amides is 2. The highest BCUT2D eigenvalue weighted by Gasteiger charge is 2.40. The Balaban J connectivity index is 0.00000253. The van der Waals surface area contributed by atoms with Gasteiger partial charge >= 0.3 is 0 Å². The molecule has 2 aliphatic heterocycles. The van der Waals surface area contributed by atoms with Gasteiger partial charge in [-0.1, -0.05) is 40.2 Å². The van der Waals surface area contributed by atoms with Crippen molar-refractivity contribution < 1.29 is 9.59 Å². The molecule has 180 valence electrons. The van der Waals surface area contributed by atoms with E-state index in [2.05, 4.69) is 55.2 Å². The van der Waals surface area contributed by atoms with Crippen molar-refractivity contribution in [3.63, 3.8) is 0 Å². The van der Waals surface area contributed by atoms with Crippen LogP contribution < -0.4 is 0 Å². The van der Waals surface area contributed by atoms with E-state index in [9.17, 15) is 9.59 Å². The highest BCUT2D eigenvalue weighted by Crippen LogP contribution is 2.34. The summed E-state index contributed by atoms with van der Waals surface area (Å²) in [6.07, 6.45) is 7.44. The van der Waals surface area contributed by atoms with Gasteiger partial charge in [-0.05, 0) is 41.8 Å². The molecule has 6 rings (SSSR count). The number of imide groups is 1. The molecular weight excluding hydrogens is 528 g/mol. The van der Waals surface area contributed by atoms with E-state index in [0.717, 1.165) is 46.0 Å². The van der Waals surface area contributed by atoms with E-state index in [1.165, 1.54) is 21.4 Å². The molecule has 1 fully saturated rings. The van der Waals surface area contributed by atoms with Gasteiger partial charge in [-0.2, -0.15) is 0 Å². The molecule has 0 aliphatic carbocycles. The van der Waals surface area contributed by atoms with Gasteiger partial charge in [0.25, 0.3) is 0 Å². The van der Waals surface area contributed by atoms with Crippen LogP contribution in [0.3, 0.4) is 0 Å². The number of halogens is 2. The number of carbonyl (C=O) groups is 2. The first-order chi connectivity index (χ1) is 16.6. The first kappa shape index (κ1) is 23.9. The minimum absolute atomic E-state index is 0. The van der Waals surface area contributed by atoms with Crippen LogP contribution in [-0.4, -0.2) is 57.8 Å². The van der Waals surface area contributed by atoms with Crippen molar-refractivity contribution in [1.29, 1.82) is 0 Å². The number of aromatic amines is 2. The summed E-state index contributed by atoms with van der Waals surface area (Å²) in [6.45, 7) is 2.87. The molecule has 2 aromatic carbocycles. The topological polar surface area (TPSA) is 72.2 Å². The van der Waals surface area contributed by atoms with Crippen molar-refractivity contribution in [3.05, 3.63) is 76.5 Å². The Labute approximate surface area is 217 Å². The fourth-order valence-corrected chi connectivity index (χ4v) is 5.66. The number of hydrogen-bond acceptors (Lipinski definition) is 3. The number of benzene rings is 2. The average Bonchev–Trinajstić information content (AvgIpc) is 3.53. The predicted molar refractivity (Wildman–Crippen MR) is 145 cm³/mol. The van der Waals surface area contributed by atoms with E-state index in [0.29, 0.717) is 13.1 Å². The van der Waals surface area contributed by atoms with Crippen molar-refractivity contribution >= 4 is 67.5 Å². The molecule has 1 atom stereocenters. The van der Waals surface area contributed by atoms with Gasteiger partial charge in [-0.3, -0.25) is 19.4 Å². The lowest BCUT2D eigenvalue weighted by Gasteiger charge is -2.28. The molecule has 1 unspecified atom stereocenters. The first-order valence-corrected chi connectivity index (χ1v) is 12.5. The molecule has 2 aromatic heterocycles. The van der Waals surface area contributed by atoms with Crippen molar-refractivity contribution in [2.45, 2.75) is 18.8 Å². The molecule has 4 aromatic rings. The third-order valence-corrected chi connectivity index (χ3v) is 7.66. The average molecular weight is 554 g/mol. The van der Waals surface area contributed by atoms with Gasteiger partial charge in [-0.25, -0.2) is 0 Å². The van der Waals surface area contributed by atoms with Crippen LogP contribution in [0.15, 0.2) is 65.4 Å². The second-order valence-electron chi connectivity index (χ2n) is 9.10. The highest BCUT2D eigenvalue weighted by atomic mass is 79.9. The van der Waals surface area contributed by atoms with E-state index < -0.39 is 5.92 Å². The molecule has 0 radical (unpaired) electrons.